The Kier molecular flexibility index (Phi) is 7.98. The Bertz CT molecular complexity index is 1230. The summed E-state index contributed by atoms with van der Waals surface area (Å²) in [6.07, 6.45) is -4.68. The van der Waals surface area contributed by atoms with Gasteiger partial charge >= 0.3 is 13.5 Å². The highest BCUT2D eigenvalue weighted by Crippen LogP contribution is 2.26. The van der Waals surface area contributed by atoms with Crippen molar-refractivity contribution in [1.82, 2.24) is 19.5 Å². The van der Waals surface area contributed by atoms with Gasteiger partial charge in [-0.15, -0.1) is 0 Å². The summed E-state index contributed by atoms with van der Waals surface area (Å²) in [5, 5.41) is 38.8. The van der Waals surface area contributed by atoms with Crippen molar-refractivity contribution in [2.24, 2.45) is 0 Å². The first-order valence-corrected chi connectivity index (χ1v) is 10.6. The standard InChI is InChI=1S/C17H20N4O6.H3O4P/c1-7-3-9-10(4-8(7)2)21(5-11(23)14(25)12(24)6-22)15-13(18-9)16(26)20-17(27)19-15;1-5(2,3)4/h3-4,11-12,14,22-25H,5-6H2,1-2H3,(H,20,26,27);(H3,1,2,3,4)/t11-,12+,14-;/m1./s1. The molecular weight excluding hydrogens is 451 g/mol. The number of fused-ring (bicyclic) bond motifs is 2. The summed E-state index contributed by atoms with van der Waals surface area (Å²) >= 11 is 0. The third kappa shape index (κ3) is 6.25. The molecule has 1 aromatic rings. The lowest BCUT2D eigenvalue weighted by Gasteiger charge is -2.25. The molecule has 2 aliphatic heterocycles. The molecule has 1 aromatic carbocycles. The molecule has 15 heteroatoms. The summed E-state index contributed by atoms with van der Waals surface area (Å²) in [5.74, 6) is -0.0516. The van der Waals surface area contributed by atoms with Crippen molar-refractivity contribution in [2.45, 2.75) is 38.7 Å². The first-order chi connectivity index (χ1) is 14.7. The monoisotopic (exact) mass is 474 g/mol. The number of nitrogens with zero attached hydrogens (tertiary/aromatic N) is 3. The number of hydrogen-bond donors (Lipinski definition) is 8. The largest absolute Gasteiger partial charge is 0.466 e. The van der Waals surface area contributed by atoms with Gasteiger partial charge in [0.2, 0.25) is 0 Å². The van der Waals surface area contributed by atoms with Crippen LogP contribution in [0.1, 0.15) is 11.1 Å². The zero-order valence-corrected chi connectivity index (χ0v) is 17.8. The summed E-state index contributed by atoms with van der Waals surface area (Å²) < 4.78 is 10.3. The highest BCUT2D eigenvalue weighted by Gasteiger charge is 2.27. The van der Waals surface area contributed by atoms with Gasteiger partial charge in [-0.1, -0.05) is 0 Å². The maximum Gasteiger partial charge on any atom is 0.466 e. The van der Waals surface area contributed by atoms with E-state index in [9.17, 15) is 24.9 Å². The van der Waals surface area contributed by atoms with Crippen LogP contribution in [-0.2, 0) is 11.1 Å². The Labute approximate surface area is 179 Å². The number of rotatable bonds is 5. The van der Waals surface area contributed by atoms with Gasteiger partial charge in [-0.2, -0.15) is 4.98 Å². The molecule has 32 heavy (non-hydrogen) atoms. The van der Waals surface area contributed by atoms with Gasteiger partial charge in [-0.25, -0.2) is 14.3 Å². The molecule has 0 radical (unpaired) electrons. The fourth-order valence-corrected chi connectivity index (χ4v) is 2.89. The Hall–Kier alpha value is -2.55. The number of aliphatic hydroxyl groups is 4. The van der Waals surface area contributed by atoms with E-state index < -0.39 is 44.0 Å². The van der Waals surface area contributed by atoms with E-state index in [4.69, 9.17) is 24.4 Å². The van der Waals surface area contributed by atoms with Crippen LogP contribution < -0.4 is 11.2 Å². The van der Waals surface area contributed by atoms with Gasteiger partial charge in [-0.05, 0) is 37.1 Å². The van der Waals surface area contributed by atoms with Crippen LogP contribution >= 0.6 is 7.82 Å². The smallest absolute Gasteiger partial charge is 0.394 e. The molecular formula is C17H23N4O10P. The fraction of sp³-hybridized carbons (Fsp3) is 0.412. The molecule has 0 fully saturated rings. The molecule has 0 spiro atoms. The minimum Gasteiger partial charge on any atom is -0.394 e. The summed E-state index contributed by atoms with van der Waals surface area (Å²) in [6.45, 7) is 2.73. The van der Waals surface area contributed by atoms with Crippen LogP contribution in [0.15, 0.2) is 21.7 Å². The number of benzene rings is 1. The van der Waals surface area contributed by atoms with Gasteiger partial charge in [0.15, 0.2) is 11.5 Å². The average molecular weight is 474 g/mol. The van der Waals surface area contributed by atoms with Crippen molar-refractivity contribution in [1.29, 1.82) is 0 Å². The summed E-state index contributed by atoms with van der Waals surface area (Å²) in [5.41, 5.74) is 1.11. The second-order valence-electron chi connectivity index (χ2n) is 7.01. The van der Waals surface area contributed by atoms with E-state index >= 15 is 0 Å². The highest BCUT2D eigenvalue weighted by molar-refractivity contribution is 7.45. The maximum atomic E-state index is 12.2. The van der Waals surface area contributed by atoms with Crippen LogP contribution in [0, 0.1) is 13.8 Å². The molecule has 0 unspecified atom stereocenters. The molecule has 8 N–H and O–H groups in total. The van der Waals surface area contributed by atoms with E-state index in [1.54, 1.807) is 12.1 Å². The number of aryl methyl sites for hydroxylation is 2. The van der Waals surface area contributed by atoms with E-state index in [0.29, 0.717) is 11.0 Å². The average Bonchev–Trinajstić information content (AvgIpc) is 2.67. The number of aliphatic hydroxyl groups excluding tert-OH is 4. The van der Waals surface area contributed by atoms with Crippen molar-refractivity contribution < 1.29 is 39.7 Å². The fourth-order valence-electron chi connectivity index (χ4n) is 2.89. The lowest BCUT2D eigenvalue weighted by atomic mass is 10.1. The van der Waals surface area contributed by atoms with Crippen LogP contribution in [0.2, 0.25) is 0 Å². The molecule has 176 valence electrons. The molecule has 2 heterocycles. The van der Waals surface area contributed by atoms with E-state index in [1.807, 2.05) is 13.8 Å². The Morgan fingerprint density at radius 1 is 1.03 bits per heavy atom. The number of aromatic nitrogens is 4. The topological polar surface area (TPSA) is 239 Å². The second kappa shape index (κ2) is 9.94. The van der Waals surface area contributed by atoms with Gasteiger partial charge in [0.25, 0.3) is 5.56 Å². The van der Waals surface area contributed by atoms with Crippen molar-refractivity contribution >= 4 is 18.9 Å². The number of nitrogens with one attached hydrogen (secondary N) is 1. The summed E-state index contributed by atoms with van der Waals surface area (Å²) in [4.78, 5) is 55.6. The van der Waals surface area contributed by atoms with Crippen molar-refractivity contribution in [2.75, 3.05) is 6.61 Å². The molecule has 0 saturated heterocycles. The third-order valence-electron chi connectivity index (χ3n) is 4.57. The van der Waals surface area contributed by atoms with Gasteiger partial charge in [0.05, 0.1) is 24.2 Å². The Morgan fingerprint density at radius 3 is 2.16 bits per heavy atom. The van der Waals surface area contributed by atoms with Crippen molar-refractivity contribution in [3.8, 4) is 11.5 Å². The summed E-state index contributed by atoms with van der Waals surface area (Å²) in [6, 6.07) is 3.53. The molecule has 0 aliphatic carbocycles. The van der Waals surface area contributed by atoms with Crippen LogP contribution in [0.5, 0.6) is 0 Å². The van der Waals surface area contributed by atoms with E-state index in [-0.39, 0.29) is 18.1 Å². The molecule has 3 atom stereocenters. The third-order valence-corrected chi connectivity index (χ3v) is 4.57. The SMILES string of the molecule is Cc1cc2nc3c(=O)[nH]c(=O)nc-3n(C[C@@H](O)[C@@H](O)[C@@H](O)CO)c2cc1C.O=P(O)(O)O. The van der Waals surface area contributed by atoms with Crippen LogP contribution in [0.25, 0.3) is 22.6 Å². The normalized spacial score (nSPS) is 14.7. The Morgan fingerprint density at radius 2 is 1.59 bits per heavy atom. The van der Waals surface area contributed by atoms with Gasteiger partial charge < -0.3 is 39.7 Å². The maximum absolute atomic E-state index is 12.2. The molecule has 2 aliphatic rings. The van der Waals surface area contributed by atoms with Crippen molar-refractivity contribution in [3.05, 3.63) is 44.1 Å². The molecule has 0 saturated carbocycles. The van der Waals surface area contributed by atoms with Gasteiger partial charge in [0.1, 0.15) is 18.3 Å². The van der Waals surface area contributed by atoms with Crippen LogP contribution in [0.3, 0.4) is 0 Å². The second-order valence-corrected chi connectivity index (χ2v) is 8.04. The lowest BCUT2D eigenvalue weighted by molar-refractivity contribution is -0.0802. The number of aromatic amines is 1. The predicted molar refractivity (Wildman–Crippen MR) is 110 cm³/mol. The minimum absolute atomic E-state index is 0.0516. The lowest BCUT2D eigenvalue weighted by Crippen LogP contribution is -2.42. The van der Waals surface area contributed by atoms with Crippen LogP contribution in [-0.4, -0.2) is 79.5 Å². The first-order valence-electron chi connectivity index (χ1n) is 9.08. The van der Waals surface area contributed by atoms with Crippen LogP contribution in [0.4, 0.5) is 0 Å². The van der Waals surface area contributed by atoms with Gasteiger partial charge in [0, 0.05) is 0 Å². The highest BCUT2D eigenvalue weighted by atomic mass is 31.2. The van der Waals surface area contributed by atoms with Gasteiger partial charge in [-0.3, -0.25) is 9.78 Å². The number of H-pyrrole nitrogens is 1. The van der Waals surface area contributed by atoms with E-state index in [0.717, 1.165) is 11.1 Å². The van der Waals surface area contributed by atoms with E-state index in [2.05, 4.69) is 15.0 Å². The molecule has 14 nitrogen and oxygen atoms in total. The first kappa shape index (κ1) is 25.7. The zero-order valence-electron chi connectivity index (χ0n) is 16.9. The molecule has 0 amide bonds. The Balaban J connectivity index is 0.000000654. The summed E-state index contributed by atoms with van der Waals surface area (Å²) in [7, 11) is -4.64. The number of phosphoric acid groups is 1. The zero-order chi connectivity index (χ0) is 24.4. The molecule has 0 bridgehead atoms. The van der Waals surface area contributed by atoms with E-state index in [1.165, 1.54) is 4.57 Å². The quantitative estimate of drug-likeness (QED) is 0.140. The van der Waals surface area contributed by atoms with Crippen molar-refractivity contribution in [3.63, 3.8) is 0 Å². The number of hydrogen-bond acceptors (Lipinski definition) is 9. The molecule has 3 rings (SSSR count). The molecule has 0 aromatic heterocycles. The minimum atomic E-state index is -4.64. The predicted octanol–water partition coefficient (Wildman–Crippen LogP) is -2.65.